The van der Waals surface area contributed by atoms with Gasteiger partial charge in [-0.1, -0.05) is 57.2 Å². The summed E-state index contributed by atoms with van der Waals surface area (Å²) in [5, 5.41) is 3.15. The average Bonchev–Trinajstić information content (AvgIpc) is 3.09. The number of halogens is 1. The molecule has 1 aromatic heterocycles. The van der Waals surface area contributed by atoms with E-state index in [1.807, 2.05) is 30.3 Å². The standard InChI is InChI=1S/C19H28N4O.HI/c1-2-3-4-5-6-10-13-21-19(20)22-14-17-15-24-18(23-17)16-11-8-7-9-12-16;/h7-9,11-12,15H,2-6,10,13-14H2,1H3,(H3,20,21,22);1H. The molecule has 0 bridgehead atoms. The van der Waals surface area contributed by atoms with E-state index in [9.17, 15) is 0 Å². The van der Waals surface area contributed by atoms with Gasteiger partial charge in [0.05, 0.1) is 6.54 Å². The molecule has 0 aliphatic heterocycles. The Morgan fingerprint density at radius 1 is 1.12 bits per heavy atom. The van der Waals surface area contributed by atoms with E-state index in [4.69, 9.17) is 10.2 Å². The summed E-state index contributed by atoms with van der Waals surface area (Å²) >= 11 is 0. The van der Waals surface area contributed by atoms with E-state index in [1.54, 1.807) is 6.26 Å². The van der Waals surface area contributed by atoms with Crippen molar-refractivity contribution in [2.45, 2.75) is 52.0 Å². The van der Waals surface area contributed by atoms with Crippen LogP contribution in [0, 0.1) is 0 Å². The van der Waals surface area contributed by atoms with Gasteiger partial charge in [-0.15, -0.1) is 24.0 Å². The number of rotatable bonds is 10. The molecule has 1 aromatic carbocycles. The minimum absolute atomic E-state index is 0. The summed E-state index contributed by atoms with van der Waals surface area (Å²) in [6, 6.07) is 9.82. The molecular weight excluding hydrogens is 427 g/mol. The highest BCUT2D eigenvalue weighted by molar-refractivity contribution is 14.0. The molecule has 0 atom stereocenters. The highest BCUT2D eigenvalue weighted by Crippen LogP contribution is 2.18. The third-order valence-corrected chi connectivity index (χ3v) is 3.82. The third-order valence-electron chi connectivity index (χ3n) is 3.82. The molecule has 138 valence electrons. The van der Waals surface area contributed by atoms with Crippen LogP contribution >= 0.6 is 24.0 Å². The Hall–Kier alpha value is -1.57. The molecule has 5 nitrogen and oxygen atoms in total. The molecule has 0 radical (unpaired) electrons. The van der Waals surface area contributed by atoms with Crippen molar-refractivity contribution >= 4 is 29.9 Å². The minimum atomic E-state index is 0. The van der Waals surface area contributed by atoms with Gasteiger partial charge in [0, 0.05) is 12.1 Å². The molecule has 0 saturated heterocycles. The summed E-state index contributed by atoms with van der Waals surface area (Å²) in [4.78, 5) is 8.74. The second kappa shape index (κ2) is 12.7. The number of oxazole rings is 1. The number of nitrogens with two attached hydrogens (primary N) is 1. The number of guanidine groups is 1. The van der Waals surface area contributed by atoms with Crippen LogP contribution in [0.5, 0.6) is 0 Å². The Morgan fingerprint density at radius 3 is 2.60 bits per heavy atom. The summed E-state index contributed by atoms with van der Waals surface area (Å²) < 4.78 is 5.49. The number of benzene rings is 1. The molecule has 0 amide bonds. The Balaban J connectivity index is 0.00000312. The van der Waals surface area contributed by atoms with Crippen molar-refractivity contribution in [3.63, 3.8) is 0 Å². The molecule has 0 fully saturated rings. The predicted molar refractivity (Wildman–Crippen MR) is 114 cm³/mol. The Kier molecular flexibility index (Phi) is 10.9. The zero-order valence-electron chi connectivity index (χ0n) is 14.9. The lowest BCUT2D eigenvalue weighted by atomic mass is 10.1. The first-order valence-electron chi connectivity index (χ1n) is 8.83. The van der Waals surface area contributed by atoms with E-state index in [0.29, 0.717) is 18.4 Å². The van der Waals surface area contributed by atoms with Gasteiger partial charge in [0.25, 0.3) is 0 Å². The fourth-order valence-electron chi connectivity index (χ4n) is 2.44. The van der Waals surface area contributed by atoms with Crippen molar-refractivity contribution in [3.8, 4) is 11.5 Å². The van der Waals surface area contributed by atoms with Crippen LogP contribution in [0.4, 0.5) is 0 Å². The predicted octanol–water partition coefficient (Wildman–Crippen LogP) is 4.72. The normalized spacial score (nSPS) is 11.2. The van der Waals surface area contributed by atoms with Crippen LogP contribution in [-0.4, -0.2) is 17.5 Å². The molecule has 0 aliphatic carbocycles. The molecule has 0 spiro atoms. The van der Waals surface area contributed by atoms with Crippen LogP contribution in [0.3, 0.4) is 0 Å². The zero-order valence-corrected chi connectivity index (χ0v) is 17.2. The molecule has 0 unspecified atom stereocenters. The Bertz CT molecular complexity index is 613. The van der Waals surface area contributed by atoms with Crippen molar-refractivity contribution < 1.29 is 4.42 Å². The quantitative estimate of drug-likeness (QED) is 0.235. The molecule has 25 heavy (non-hydrogen) atoms. The maximum absolute atomic E-state index is 5.88. The van der Waals surface area contributed by atoms with Gasteiger partial charge in [-0.3, -0.25) is 0 Å². The van der Waals surface area contributed by atoms with Gasteiger partial charge in [0.2, 0.25) is 5.89 Å². The maximum atomic E-state index is 5.88. The van der Waals surface area contributed by atoms with Crippen molar-refractivity contribution in [2.75, 3.05) is 6.54 Å². The van der Waals surface area contributed by atoms with Crippen molar-refractivity contribution in [1.82, 2.24) is 10.3 Å². The van der Waals surface area contributed by atoms with Crippen molar-refractivity contribution in [3.05, 3.63) is 42.3 Å². The number of aliphatic imine (C=N–C) groups is 1. The van der Waals surface area contributed by atoms with E-state index in [2.05, 4.69) is 22.2 Å². The second-order valence-electron chi connectivity index (χ2n) is 5.91. The minimum Gasteiger partial charge on any atom is -0.444 e. The van der Waals surface area contributed by atoms with E-state index in [-0.39, 0.29) is 24.0 Å². The maximum Gasteiger partial charge on any atom is 0.226 e. The van der Waals surface area contributed by atoms with E-state index < -0.39 is 0 Å². The lowest BCUT2D eigenvalue weighted by Gasteiger charge is -2.05. The summed E-state index contributed by atoms with van der Waals surface area (Å²) in [5.74, 6) is 1.08. The Labute approximate surface area is 167 Å². The SMILES string of the molecule is CCCCCCCCNC(N)=NCc1coc(-c2ccccc2)n1.I. The third kappa shape index (κ3) is 8.38. The van der Waals surface area contributed by atoms with Crippen molar-refractivity contribution in [2.24, 2.45) is 10.7 Å². The van der Waals surface area contributed by atoms with Crippen molar-refractivity contribution in [1.29, 1.82) is 0 Å². The molecule has 2 rings (SSSR count). The van der Waals surface area contributed by atoms with Gasteiger partial charge < -0.3 is 15.5 Å². The van der Waals surface area contributed by atoms with Crippen LogP contribution in [0.1, 0.15) is 51.1 Å². The zero-order chi connectivity index (χ0) is 17.0. The fraction of sp³-hybridized carbons (Fsp3) is 0.474. The molecule has 0 aliphatic rings. The molecule has 3 N–H and O–H groups in total. The highest BCUT2D eigenvalue weighted by Gasteiger charge is 2.05. The molecule has 2 aromatic rings. The van der Waals surface area contributed by atoms with Crippen LogP contribution in [0.15, 0.2) is 46.0 Å². The van der Waals surface area contributed by atoms with Gasteiger partial charge in [0.15, 0.2) is 5.96 Å². The first kappa shape index (κ1) is 21.5. The van der Waals surface area contributed by atoms with Crippen LogP contribution in [0.2, 0.25) is 0 Å². The topological polar surface area (TPSA) is 76.4 Å². The first-order valence-corrected chi connectivity index (χ1v) is 8.83. The summed E-state index contributed by atoms with van der Waals surface area (Å²) in [5.41, 5.74) is 7.62. The smallest absolute Gasteiger partial charge is 0.226 e. The fourth-order valence-corrected chi connectivity index (χ4v) is 2.44. The monoisotopic (exact) mass is 456 g/mol. The van der Waals surface area contributed by atoms with Crippen LogP contribution < -0.4 is 11.1 Å². The molecule has 0 saturated carbocycles. The van der Waals surface area contributed by atoms with Gasteiger partial charge >= 0.3 is 0 Å². The number of nitrogens with one attached hydrogen (secondary N) is 1. The van der Waals surface area contributed by atoms with Gasteiger partial charge in [0.1, 0.15) is 12.0 Å². The van der Waals surface area contributed by atoms with E-state index in [0.717, 1.165) is 24.2 Å². The summed E-state index contributed by atoms with van der Waals surface area (Å²) in [6.45, 7) is 3.53. The van der Waals surface area contributed by atoms with Crippen LogP contribution in [0.25, 0.3) is 11.5 Å². The lowest BCUT2D eigenvalue weighted by Crippen LogP contribution is -2.32. The highest BCUT2D eigenvalue weighted by atomic mass is 127. The molecule has 6 heteroatoms. The number of nitrogens with zero attached hydrogens (tertiary/aromatic N) is 2. The van der Waals surface area contributed by atoms with Gasteiger partial charge in [-0.2, -0.15) is 0 Å². The molecule has 1 heterocycles. The van der Waals surface area contributed by atoms with Crippen LogP contribution in [-0.2, 0) is 6.54 Å². The summed E-state index contributed by atoms with van der Waals surface area (Å²) in [7, 11) is 0. The van der Waals surface area contributed by atoms with Gasteiger partial charge in [-0.25, -0.2) is 9.98 Å². The number of unbranched alkanes of at least 4 members (excludes halogenated alkanes) is 5. The molecular formula is C19H29IN4O. The van der Waals surface area contributed by atoms with E-state index >= 15 is 0 Å². The summed E-state index contributed by atoms with van der Waals surface area (Å²) in [6.07, 6.45) is 9.24. The largest absolute Gasteiger partial charge is 0.444 e. The van der Waals surface area contributed by atoms with E-state index in [1.165, 1.54) is 32.1 Å². The first-order chi connectivity index (χ1) is 11.8. The number of hydrogen-bond acceptors (Lipinski definition) is 3. The lowest BCUT2D eigenvalue weighted by molar-refractivity contribution is 0.572. The average molecular weight is 456 g/mol. The Morgan fingerprint density at radius 2 is 1.84 bits per heavy atom. The number of hydrogen-bond donors (Lipinski definition) is 2. The number of aromatic nitrogens is 1. The van der Waals surface area contributed by atoms with Gasteiger partial charge in [-0.05, 0) is 18.6 Å². The second-order valence-corrected chi connectivity index (χ2v) is 5.91.